The number of aromatic carboxylic acids is 1. The Balaban J connectivity index is 2.17. The zero-order chi connectivity index (χ0) is 13.1. The molecule has 0 saturated heterocycles. The molecule has 0 fully saturated rings. The standard InChI is InChI=1S/C13H15N3O2/c1-9-11(13(17)18)4-3-5-12(9)14-8-10-6-7-15-16(10)2/h3-7,14H,8H2,1-2H3,(H,17,18). The maximum atomic E-state index is 11.0. The van der Waals surface area contributed by atoms with Crippen molar-refractivity contribution in [2.45, 2.75) is 13.5 Å². The highest BCUT2D eigenvalue weighted by Gasteiger charge is 2.09. The van der Waals surface area contributed by atoms with Gasteiger partial charge in [0.05, 0.1) is 17.8 Å². The number of hydrogen-bond donors (Lipinski definition) is 2. The van der Waals surface area contributed by atoms with Crippen LogP contribution in [0.5, 0.6) is 0 Å². The number of rotatable bonds is 4. The molecule has 0 aliphatic heterocycles. The van der Waals surface area contributed by atoms with Crippen LogP contribution in [0, 0.1) is 6.92 Å². The molecule has 1 aromatic carbocycles. The zero-order valence-corrected chi connectivity index (χ0v) is 10.3. The molecule has 0 bridgehead atoms. The Morgan fingerprint density at radius 1 is 1.44 bits per heavy atom. The molecule has 2 aromatic rings. The summed E-state index contributed by atoms with van der Waals surface area (Å²) >= 11 is 0. The molecule has 0 unspecified atom stereocenters. The van der Waals surface area contributed by atoms with Crippen molar-refractivity contribution < 1.29 is 9.90 Å². The first-order valence-corrected chi connectivity index (χ1v) is 5.63. The van der Waals surface area contributed by atoms with E-state index in [1.807, 2.05) is 19.2 Å². The van der Waals surface area contributed by atoms with Gasteiger partial charge in [-0.15, -0.1) is 0 Å². The van der Waals surface area contributed by atoms with Gasteiger partial charge in [0.1, 0.15) is 0 Å². The normalized spacial score (nSPS) is 10.3. The minimum Gasteiger partial charge on any atom is -0.478 e. The van der Waals surface area contributed by atoms with Gasteiger partial charge in [0.25, 0.3) is 0 Å². The summed E-state index contributed by atoms with van der Waals surface area (Å²) in [6.45, 7) is 2.41. The summed E-state index contributed by atoms with van der Waals surface area (Å²) in [6, 6.07) is 7.14. The van der Waals surface area contributed by atoms with Crippen molar-refractivity contribution in [3.05, 3.63) is 47.3 Å². The molecular formula is C13H15N3O2. The Bertz CT molecular complexity index is 575. The quantitative estimate of drug-likeness (QED) is 0.865. The average Bonchev–Trinajstić information content (AvgIpc) is 2.73. The van der Waals surface area contributed by atoms with E-state index in [1.165, 1.54) is 0 Å². The SMILES string of the molecule is Cc1c(NCc2ccnn2C)cccc1C(=O)O. The van der Waals surface area contributed by atoms with E-state index in [0.29, 0.717) is 12.1 Å². The minimum atomic E-state index is -0.906. The van der Waals surface area contributed by atoms with Gasteiger partial charge in [0.2, 0.25) is 0 Å². The van der Waals surface area contributed by atoms with Crippen LogP contribution in [0.1, 0.15) is 21.6 Å². The van der Waals surface area contributed by atoms with Gasteiger partial charge in [0.15, 0.2) is 0 Å². The predicted octanol–water partition coefficient (Wildman–Crippen LogP) is 2.04. The van der Waals surface area contributed by atoms with Crippen molar-refractivity contribution >= 4 is 11.7 Å². The number of nitrogens with zero attached hydrogens (tertiary/aromatic N) is 2. The Hall–Kier alpha value is -2.30. The van der Waals surface area contributed by atoms with Crippen LogP contribution >= 0.6 is 0 Å². The highest BCUT2D eigenvalue weighted by atomic mass is 16.4. The number of carboxylic acid groups (broad SMARTS) is 1. The van der Waals surface area contributed by atoms with Crippen LogP contribution < -0.4 is 5.32 Å². The molecule has 1 aromatic heterocycles. The Labute approximate surface area is 105 Å². The summed E-state index contributed by atoms with van der Waals surface area (Å²) in [6.07, 6.45) is 1.73. The molecule has 0 amide bonds. The molecule has 5 heteroatoms. The number of aryl methyl sites for hydroxylation is 1. The van der Waals surface area contributed by atoms with Crippen LogP contribution in [0.4, 0.5) is 5.69 Å². The van der Waals surface area contributed by atoms with Crippen LogP contribution in [0.15, 0.2) is 30.5 Å². The lowest BCUT2D eigenvalue weighted by molar-refractivity contribution is 0.0696. The van der Waals surface area contributed by atoms with E-state index in [2.05, 4.69) is 10.4 Å². The van der Waals surface area contributed by atoms with Crippen molar-refractivity contribution in [3.8, 4) is 0 Å². The van der Waals surface area contributed by atoms with Crippen LogP contribution in [0.3, 0.4) is 0 Å². The highest BCUT2D eigenvalue weighted by Crippen LogP contribution is 2.19. The number of nitrogens with one attached hydrogen (secondary N) is 1. The molecule has 0 atom stereocenters. The molecule has 0 spiro atoms. The fourth-order valence-electron chi connectivity index (χ4n) is 1.82. The second-order valence-corrected chi connectivity index (χ2v) is 4.08. The monoisotopic (exact) mass is 245 g/mol. The van der Waals surface area contributed by atoms with Crippen molar-refractivity contribution in [1.82, 2.24) is 9.78 Å². The van der Waals surface area contributed by atoms with E-state index in [1.54, 1.807) is 29.9 Å². The van der Waals surface area contributed by atoms with Gasteiger partial charge < -0.3 is 10.4 Å². The second kappa shape index (κ2) is 4.91. The van der Waals surface area contributed by atoms with Gasteiger partial charge in [-0.2, -0.15) is 5.10 Å². The van der Waals surface area contributed by atoms with Gasteiger partial charge >= 0.3 is 5.97 Å². The average molecular weight is 245 g/mol. The Morgan fingerprint density at radius 3 is 2.83 bits per heavy atom. The third-order valence-electron chi connectivity index (χ3n) is 2.95. The van der Waals surface area contributed by atoms with E-state index in [-0.39, 0.29) is 0 Å². The van der Waals surface area contributed by atoms with Gasteiger partial charge in [-0.1, -0.05) is 6.07 Å². The van der Waals surface area contributed by atoms with Gasteiger partial charge in [-0.3, -0.25) is 4.68 Å². The summed E-state index contributed by atoms with van der Waals surface area (Å²) in [5.74, 6) is -0.906. The van der Waals surface area contributed by atoms with Gasteiger partial charge in [-0.05, 0) is 30.7 Å². The third-order valence-corrected chi connectivity index (χ3v) is 2.95. The summed E-state index contributed by atoms with van der Waals surface area (Å²) in [4.78, 5) is 11.0. The zero-order valence-electron chi connectivity index (χ0n) is 10.3. The number of anilines is 1. The number of carboxylic acids is 1. The van der Waals surface area contributed by atoms with E-state index in [4.69, 9.17) is 5.11 Å². The summed E-state index contributed by atoms with van der Waals surface area (Å²) in [5, 5.41) is 16.4. The summed E-state index contributed by atoms with van der Waals surface area (Å²) in [7, 11) is 1.87. The van der Waals surface area contributed by atoms with E-state index in [9.17, 15) is 4.79 Å². The molecule has 2 rings (SSSR count). The van der Waals surface area contributed by atoms with Crippen LogP contribution in [0.25, 0.3) is 0 Å². The maximum absolute atomic E-state index is 11.0. The highest BCUT2D eigenvalue weighted by molar-refractivity contribution is 5.91. The molecule has 2 N–H and O–H groups in total. The predicted molar refractivity (Wildman–Crippen MR) is 68.7 cm³/mol. The number of benzene rings is 1. The van der Waals surface area contributed by atoms with Crippen molar-refractivity contribution in [3.63, 3.8) is 0 Å². The van der Waals surface area contributed by atoms with E-state index >= 15 is 0 Å². The fourth-order valence-corrected chi connectivity index (χ4v) is 1.82. The molecule has 18 heavy (non-hydrogen) atoms. The molecule has 0 radical (unpaired) electrons. The topological polar surface area (TPSA) is 67.2 Å². The molecule has 1 heterocycles. The van der Waals surface area contributed by atoms with Crippen molar-refractivity contribution in [2.75, 3.05) is 5.32 Å². The summed E-state index contributed by atoms with van der Waals surface area (Å²) in [5.41, 5.74) is 2.93. The molecular weight excluding hydrogens is 230 g/mol. The molecule has 94 valence electrons. The summed E-state index contributed by atoms with van der Waals surface area (Å²) < 4.78 is 1.78. The van der Waals surface area contributed by atoms with Crippen molar-refractivity contribution in [2.24, 2.45) is 7.05 Å². The van der Waals surface area contributed by atoms with E-state index in [0.717, 1.165) is 16.9 Å². The lowest BCUT2D eigenvalue weighted by atomic mass is 10.1. The number of carbonyl (C=O) groups is 1. The number of hydrogen-bond acceptors (Lipinski definition) is 3. The Kier molecular flexibility index (Phi) is 3.32. The number of aromatic nitrogens is 2. The maximum Gasteiger partial charge on any atom is 0.336 e. The van der Waals surface area contributed by atoms with Gasteiger partial charge in [0, 0.05) is 18.9 Å². The lowest BCUT2D eigenvalue weighted by Crippen LogP contribution is -2.08. The smallest absolute Gasteiger partial charge is 0.336 e. The van der Waals surface area contributed by atoms with Gasteiger partial charge in [-0.25, -0.2) is 4.79 Å². The van der Waals surface area contributed by atoms with Crippen molar-refractivity contribution in [1.29, 1.82) is 0 Å². The van der Waals surface area contributed by atoms with E-state index < -0.39 is 5.97 Å². The Morgan fingerprint density at radius 2 is 2.22 bits per heavy atom. The van der Waals surface area contributed by atoms with Crippen LogP contribution in [-0.2, 0) is 13.6 Å². The first-order valence-electron chi connectivity index (χ1n) is 5.63. The fraction of sp³-hybridized carbons (Fsp3) is 0.231. The first-order chi connectivity index (χ1) is 8.59. The van der Waals surface area contributed by atoms with Crippen LogP contribution in [0.2, 0.25) is 0 Å². The second-order valence-electron chi connectivity index (χ2n) is 4.08. The molecule has 5 nitrogen and oxygen atoms in total. The van der Waals surface area contributed by atoms with Crippen LogP contribution in [-0.4, -0.2) is 20.9 Å². The molecule has 0 aliphatic carbocycles. The molecule has 0 aliphatic rings. The minimum absolute atomic E-state index is 0.324. The lowest BCUT2D eigenvalue weighted by Gasteiger charge is -2.11. The molecule has 0 saturated carbocycles. The largest absolute Gasteiger partial charge is 0.478 e. The first kappa shape index (κ1) is 12.2. The third kappa shape index (κ3) is 2.34.